The number of hydrogen-bond acceptors (Lipinski definition) is 6. The first-order valence-corrected chi connectivity index (χ1v) is 2.24. The van der Waals surface area contributed by atoms with Gasteiger partial charge in [0.2, 0.25) is 0 Å². The van der Waals surface area contributed by atoms with Gasteiger partial charge in [0.15, 0.2) is 0 Å². The van der Waals surface area contributed by atoms with E-state index in [0.717, 1.165) is 0 Å². The molecule has 0 aromatic heterocycles. The van der Waals surface area contributed by atoms with Crippen molar-refractivity contribution in [2.45, 2.75) is 12.2 Å². The Morgan fingerprint density at radius 3 is 1.25 bits per heavy atom. The molecule has 69 valence electrons. The summed E-state index contributed by atoms with van der Waals surface area (Å²) in [5.41, 5.74) is 0. The second-order valence-corrected chi connectivity index (χ2v) is 1.53. The Morgan fingerprint density at radius 1 is 1.00 bits per heavy atom. The molecule has 0 heterocycles. The Bertz CT molecular complexity index is 144. The van der Waals surface area contributed by atoms with Gasteiger partial charge in [0.05, 0.1) is 11.9 Å². The fourth-order valence-corrected chi connectivity index (χ4v) is 0.258. The van der Waals surface area contributed by atoms with Crippen LogP contribution >= 0.6 is 0 Å². The average molecular weight is 259 g/mol. The molecule has 2 unspecified atom stereocenters. The average Bonchev–Trinajstić information content (AvgIpc) is 1.84. The minimum absolute atomic E-state index is 0. The number of carbonyl (C=O) groups excluding carboxylic acids is 2. The zero-order valence-corrected chi connectivity index (χ0v) is 8.33. The van der Waals surface area contributed by atoms with Gasteiger partial charge in [-0.25, -0.2) is 0 Å². The molecule has 0 rings (SSSR count). The third-order valence-electron chi connectivity index (χ3n) is 0.782. The standard InChI is InChI=1S/C4H6O6.H3N.Nb/c5-1(3(7)8)2(6)4(9)10;;/h1-2,5-6H,(H,7,8)(H,9,10);1H3;/q;;+2/p-1. The van der Waals surface area contributed by atoms with Crippen molar-refractivity contribution in [1.82, 2.24) is 6.15 Å². The Morgan fingerprint density at radius 2 is 1.17 bits per heavy atom. The van der Waals surface area contributed by atoms with Crippen molar-refractivity contribution in [2.75, 3.05) is 0 Å². The molecule has 12 heavy (non-hydrogen) atoms. The summed E-state index contributed by atoms with van der Waals surface area (Å²) in [6.07, 6.45) is -4.88. The van der Waals surface area contributed by atoms with E-state index in [1.54, 1.807) is 0 Å². The van der Waals surface area contributed by atoms with Crippen LogP contribution in [0.5, 0.6) is 0 Å². The van der Waals surface area contributed by atoms with Gasteiger partial charge in [0.1, 0.15) is 12.2 Å². The summed E-state index contributed by atoms with van der Waals surface area (Å²) in [6.45, 7) is 0. The van der Waals surface area contributed by atoms with Crippen molar-refractivity contribution >= 4 is 11.9 Å². The van der Waals surface area contributed by atoms with E-state index in [9.17, 15) is 19.8 Å². The molecule has 7 nitrogen and oxygen atoms in total. The smallest absolute Gasteiger partial charge is 0.547 e. The molecule has 8 heteroatoms. The van der Waals surface area contributed by atoms with Crippen molar-refractivity contribution in [1.29, 1.82) is 0 Å². The normalized spacial score (nSPS) is 13.2. The van der Waals surface area contributed by atoms with E-state index in [4.69, 9.17) is 10.2 Å². The van der Waals surface area contributed by atoms with Crippen LogP contribution in [0.15, 0.2) is 0 Å². The van der Waals surface area contributed by atoms with Crippen molar-refractivity contribution in [3.63, 3.8) is 0 Å². The molecule has 0 aliphatic carbocycles. The first kappa shape index (κ1) is 17.6. The zero-order valence-electron chi connectivity index (χ0n) is 6.13. The van der Waals surface area contributed by atoms with Crippen LogP contribution in [0.2, 0.25) is 0 Å². The fraction of sp³-hybridized carbons (Fsp3) is 0.500. The van der Waals surface area contributed by atoms with Crippen LogP contribution in [0.25, 0.3) is 0 Å². The van der Waals surface area contributed by atoms with Gasteiger partial charge in [0, 0.05) is 0 Å². The second-order valence-electron chi connectivity index (χ2n) is 1.53. The molecular weight excluding hydrogens is 251 g/mol. The Hall–Kier alpha value is -0.440. The summed E-state index contributed by atoms with van der Waals surface area (Å²) in [6, 6.07) is 0. The molecular formula is C4H8NNbO6+. The number of quaternary nitrogens is 1. The molecule has 0 bridgehead atoms. The van der Waals surface area contributed by atoms with E-state index in [1.807, 2.05) is 0 Å². The van der Waals surface area contributed by atoms with E-state index in [1.165, 1.54) is 0 Å². The van der Waals surface area contributed by atoms with Gasteiger partial charge in [-0.2, -0.15) is 0 Å². The predicted molar refractivity (Wildman–Crippen MR) is 28.0 cm³/mol. The number of aliphatic hydroxyl groups excluding tert-OH is 2. The minimum atomic E-state index is -2.44. The van der Waals surface area contributed by atoms with Gasteiger partial charge in [-0.1, -0.05) is 0 Å². The summed E-state index contributed by atoms with van der Waals surface area (Å²) in [5, 5.41) is 35.7. The molecule has 0 aliphatic rings. The van der Waals surface area contributed by atoms with Gasteiger partial charge < -0.3 is 36.2 Å². The van der Waals surface area contributed by atoms with Crippen molar-refractivity contribution in [3.8, 4) is 0 Å². The van der Waals surface area contributed by atoms with E-state index >= 15 is 0 Å². The van der Waals surface area contributed by atoms with Crippen molar-refractivity contribution in [3.05, 3.63) is 0 Å². The summed E-state index contributed by atoms with van der Waals surface area (Å²) >= 11 is 0. The van der Waals surface area contributed by atoms with Crippen LogP contribution in [0.1, 0.15) is 0 Å². The molecule has 0 spiro atoms. The number of aliphatic hydroxyl groups is 2. The molecule has 0 aliphatic heterocycles. The quantitative estimate of drug-likeness (QED) is 0.434. The van der Waals surface area contributed by atoms with Gasteiger partial charge in [0.25, 0.3) is 0 Å². The van der Waals surface area contributed by atoms with Crippen LogP contribution < -0.4 is 16.4 Å². The Kier molecular flexibility index (Phi) is 10.6. The summed E-state index contributed by atoms with van der Waals surface area (Å²) in [7, 11) is 0. The molecule has 6 N–H and O–H groups in total. The summed E-state index contributed by atoms with van der Waals surface area (Å²) in [4.78, 5) is 19.3. The number of carbonyl (C=O) groups is 2. The monoisotopic (exact) mass is 259 g/mol. The van der Waals surface area contributed by atoms with Crippen LogP contribution in [0.3, 0.4) is 0 Å². The molecule has 0 aromatic rings. The second kappa shape index (κ2) is 7.22. The predicted octanol–water partition coefficient (Wildman–Crippen LogP) is -4.42. The number of carboxylic acid groups (broad SMARTS) is 2. The Balaban J connectivity index is -0.000000405. The first-order valence-electron chi connectivity index (χ1n) is 2.24. The maximum atomic E-state index is 9.63. The van der Waals surface area contributed by atoms with Crippen molar-refractivity contribution in [2.24, 2.45) is 0 Å². The van der Waals surface area contributed by atoms with Crippen LogP contribution in [-0.4, -0.2) is 34.4 Å². The van der Waals surface area contributed by atoms with Crippen LogP contribution in [0.4, 0.5) is 0 Å². The first-order chi connectivity index (χ1) is 4.46. The van der Waals surface area contributed by atoms with E-state index < -0.39 is 24.1 Å². The summed E-state index contributed by atoms with van der Waals surface area (Å²) in [5.74, 6) is -4.12. The SMILES string of the molecule is O=C([O-])C(O)C(O)C(=O)[O-].[NH4+].[Nb+2]. The molecule has 0 saturated carbocycles. The molecule has 2 atom stereocenters. The maximum absolute atomic E-state index is 9.63. The van der Waals surface area contributed by atoms with E-state index in [2.05, 4.69) is 0 Å². The van der Waals surface area contributed by atoms with E-state index in [0.29, 0.717) is 0 Å². The third kappa shape index (κ3) is 5.24. The molecule has 0 aromatic carbocycles. The van der Waals surface area contributed by atoms with Crippen LogP contribution in [0, 0.1) is 0 Å². The summed E-state index contributed by atoms with van der Waals surface area (Å²) < 4.78 is 0. The molecule has 1 radical (unpaired) electrons. The van der Waals surface area contributed by atoms with E-state index in [-0.39, 0.29) is 28.5 Å². The van der Waals surface area contributed by atoms with Gasteiger partial charge in [-0.3, -0.25) is 0 Å². The minimum Gasteiger partial charge on any atom is -0.547 e. The molecule has 0 fully saturated rings. The Labute approximate surface area is 83.1 Å². The fourth-order valence-electron chi connectivity index (χ4n) is 0.258. The number of hydrogen-bond donors (Lipinski definition) is 3. The number of rotatable bonds is 3. The molecule has 0 saturated heterocycles. The number of aliphatic carboxylic acids is 2. The number of carboxylic acids is 2. The third-order valence-corrected chi connectivity index (χ3v) is 0.782. The van der Waals surface area contributed by atoms with Gasteiger partial charge in [-0.05, 0) is 0 Å². The topological polar surface area (TPSA) is 157 Å². The molecule has 0 amide bonds. The largest absolute Gasteiger partial charge is 2.00 e. The van der Waals surface area contributed by atoms with Crippen molar-refractivity contribution < 1.29 is 52.4 Å². The maximum Gasteiger partial charge on any atom is 2.00 e. The van der Waals surface area contributed by atoms with Gasteiger partial charge >= 0.3 is 22.4 Å². The zero-order chi connectivity index (χ0) is 8.31. The van der Waals surface area contributed by atoms with Crippen LogP contribution in [-0.2, 0) is 32.0 Å². The van der Waals surface area contributed by atoms with Gasteiger partial charge in [-0.15, -0.1) is 0 Å².